The predicted octanol–water partition coefficient (Wildman–Crippen LogP) is 3.47. The van der Waals surface area contributed by atoms with Crippen molar-refractivity contribution in [3.05, 3.63) is 29.3 Å². The van der Waals surface area contributed by atoms with E-state index in [0.29, 0.717) is 6.42 Å². The first-order valence-electron chi connectivity index (χ1n) is 9.44. The Bertz CT molecular complexity index is 911. The monoisotopic (exact) mass is 452 g/mol. The van der Waals surface area contributed by atoms with Crippen molar-refractivity contribution in [2.24, 2.45) is 5.92 Å². The van der Waals surface area contributed by atoms with E-state index in [1.807, 2.05) is 0 Å². The second kappa shape index (κ2) is 8.01. The van der Waals surface area contributed by atoms with Crippen molar-refractivity contribution in [2.45, 2.75) is 57.1 Å². The smallest absolute Gasteiger partial charge is 0.419 e. The first kappa shape index (κ1) is 22.8. The maximum atomic E-state index is 13.5. The van der Waals surface area contributed by atoms with E-state index < -0.39 is 51.5 Å². The fourth-order valence-corrected chi connectivity index (χ4v) is 4.31. The quantitative estimate of drug-likeness (QED) is 0.500. The fraction of sp³-hybridized carbons (Fsp3) is 0.632. The summed E-state index contributed by atoms with van der Waals surface area (Å²) in [5.74, 6) is -2.46. The van der Waals surface area contributed by atoms with Crippen LogP contribution in [0.4, 0.5) is 13.2 Å². The van der Waals surface area contributed by atoms with Crippen LogP contribution in [0.2, 0.25) is 0 Å². The molecule has 0 aromatic heterocycles. The molecule has 2 bridgehead atoms. The standard InChI is InChI=1S/C19H23F3O7S/c1-18(2,14-10-12-4-6-15(14)28-12)29-16-9-11(3-5-13(16)19(20,21)22)17(23)27-7-8-30(24,25)26/h3,5,9,12,14-15H,4,6-8,10H2,1-2H3,(H,24,25,26). The van der Waals surface area contributed by atoms with Crippen LogP contribution in [0.1, 0.15) is 49.0 Å². The summed E-state index contributed by atoms with van der Waals surface area (Å²) >= 11 is 0. The Morgan fingerprint density at radius 2 is 1.97 bits per heavy atom. The molecule has 2 fully saturated rings. The molecule has 2 heterocycles. The first-order chi connectivity index (χ1) is 13.8. The number of carbonyl (C=O) groups is 1. The van der Waals surface area contributed by atoms with Gasteiger partial charge in [0.05, 0.1) is 23.3 Å². The van der Waals surface area contributed by atoms with Crippen molar-refractivity contribution < 1.29 is 45.1 Å². The van der Waals surface area contributed by atoms with Gasteiger partial charge >= 0.3 is 12.1 Å². The Morgan fingerprint density at radius 3 is 2.50 bits per heavy atom. The van der Waals surface area contributed by atoms with Gasteiger partial charge < -0.3 is 14.2 Å². The molecule has 3 rings (SSSR count). The van der Waals surface area contributed by atoms with E-state index in [4.69, 9.17) is 18.8 Å². The lowest BCUT2D eigenvalue weighted by Gasteiger charge is -2.36. The average molecular weight is 452 g/mol. The molecule has 168 valence electrons. The Morgan fingerprint density at radius 1 is 1.27 bits per heavy atom. The molecule has 3 atom stereocenters. The summed E-state index contributed by atoms with van der Waals surface area (Å²) in [5.41, 5.74) is -2.24. The number of esters is 1. The van der Waals surface area contributed by atoms with Gasteiger partial charge in [-0.2, -0.15) is 21.6 Å². The SMILES string of the molecule is CC(C)(Oc1cc(C(=O)OCCS(=O)(=O)O)ccc1C(F)(F)F)C1CC2CCC1O2. The number of alkyl halides is 3. The molecule has 2 aliphatic heterocycles. The highest BCUT2D eigenvalue weighted by Gasteiger charge is 2.49. The molecule has 30 heavy (non-hydrogen) atoms. The van der Waals surface area contributed by atoms with Gasteiger partial charge in [-0.15, -0.1) is 0 Å². The molecule has 11 heteroatoms. The van der Waals surface area contributed by atoms with Crippen molar-refractivity contribution in [1.29, 1.82) is 0 Å². The maximum Gasteiger partial charge on any atom is 0.419 e. The Kier molecular flexibility index (Phi) is 6.09. The number of rotatable bonds is 7. The van der Waals surface area contributed by atoms with E-state index in [1.165, 1.54) is 0 Å². The highest BCUT2D eigenvalue weighted by atomic mass is 32.2. The van der Waals surface area contributed by atoms with Crippen molar-refractivity contribution >= 4 is 16.1 Å². The van der Waals surface area contributed by atoms with E-state index >= 15 is 0 Å². The van der Waals surface area contributed by atoms with Gasteiger partial charge in [0.25, 0.3) is 10.1 Å². The number of hydrogen-bond acceptors (Lipinski definition) is 6. The van der Waals surface area contributed by atoms with Crippen LogP contribution in [-0.2, 0) is 25.8 Å². The molecule has 3 unspecified atom stereocenters. The molecule has 1 N–H and O–H groups in total. The molecular weight excluding hydrogens is 429 g/mol. The largest absolute Gasteiger partial charge is 0.487 e. The average Bonchev–Trinajstić information content (AvgIpc) is 3.22. The minimum Gasteiger partial charge on any atom is -0.487 e. The zero-order chi connectivity index (χ0) is 22.3. The van der Waals surface area contributed by atoms with E-state index in [0.717, 1.165) is 31.0 Å². The van der Waals surface area contributed by atoms with Gasteiger partial charge in [-0.3, -0.25) is 4.55 Å². The summed E-state index contributed by atoms with van der Waals surface area (Å²) in [5, 5.41) is 0. The molecular formula is C19H23F3O7S. The second-order valence-electron chi connectivity index (χ2n) is 8.05. The zero-order valence-electron chi connectivity index (χ0n) is 16.4. The maximum absolute atomic E-state index is 13.5. The fourth-order valence-electron chi connectivity index (χ4n) is 4.02. The number of hydrogen-bond donors (Lipinski definition) is 1. The molecule has 2 saturated heterocycles. The summed E-state index contributed by atoms with van der Waals surface area (Å²) in [6.07, 6.45) is -2.24. The zero-order valence-corrected chi connectivity index (χ0v) is 17.3. The third-order valence-electron chi connectivity index (χ3n) is 5.47. The van der Waals surface area contributed by atoms with E-state index in [9.17, 15) is 26.4 Å². The summed E-state index contributed by atoms with van der Waals surface area (Å²) in [6.45, 7) is 2.75. The Balaban J connectivity index is 1.82. The number of halogens is 3. The van der Waals surface area contributed by atoms with Crippen LogP contribution in [0.25, 0.3) is 0 Å². The summed E-state index contributed by atoms with van der Waals surface area (Å²) in [4.78, 5) is 12.1. The van der Waals surface area contributed by atoms with Gasteiger partial charge in [0, 0.05) is 5.92 Å². The van der Waals surface area contributed by atoms with Crippen molar-refractivity contribution in [2.75, 3.05) is 12.4 Å². The van der Waals surface area contributed by atoms with Crippen LogP contribution in [0, 0.1) is 5.92 Å². The van der Waals surface area contributed by atoms with Crippen molar-refractivity contribution in [3.63, 3.8) is 0 Å². The molecule has 0 spiro atoms. The highest BCUT2D eigenvalue weighted by molar-refractivity contribution is 7.85. The van der Waals surface area contributed by atoms with E-state index in [-0.39, 0.29) is 23.7 Å². The van der Waals surface area contributed by atoms with Gasteiger partial charge in [0.2, 0.25) is 0 Å². The molecule has 1 aromatic carbocycles. The second-order valence-corrected chi connectivity index (χ2v) is 9.62. The van der Waals surface area contributed by atoms with Crippen LogP contribution < -0.4 is 4.74 Å². The Labute approximate surface area is 172 Å². The van der Waals surface area contributed by atoms with Gasteiger partial charge in [0.1, 0.15) is 23.7 Å². The third kappa shape index (κ3) is 5.25. The number of benzene rings is 1. The molecule has 1 aromatic rings. The van der Waals surface area contributed by atoms with Crippen LogP contribution in [0.5, 0.6) is 5.75 Å². The van der Waals surface area contributed by atoms with E-state index in [2.05, 4.69) is 0 Å². The summed E-state index contributed by atoms with van der Waals surface area (Å²) < 4.78 is 86.9. The molecule has 0 aliphatic carbocycles. The first-order valence-corrected chi connectivity index (χ1v) is 11.1. The van der Waals surface area contributed by atoms with Crippen LogP contribution in [0.15, 0.2) is 18.2 Å². The van der Waals surface area contributed by atoms with Crippen LogP contribution in [-0.4, -0.2) is 49.1 Å². The minimum absolute atomic E-state index is 0.0760. The van der Waals surface area contributed by atoms with Gasteiger partial charge in [-0.25, -0.2) is 4.79 Å². The normalized spacial score (nSPS) is 24.1. The molecule has 7 nitrogen and oxygen atoms in total. The van der Waals surface area contributed by atoms with Crippen molar-refractivity contribution in [3.8, 4) is 5.75 Å². The van der Waals surface area contributed by atoms with E-state index in [1.54, 1.807) is 13.8 Å². The molecule has 0 saturated carbocycles. The lowest BCUT2D eigenvalue weighted by molar-refractivity contribution is -0.140. The summed E-state index contributed by atoms with van der Waals surface area (Å²) in [6, 6.07) is 2.59. The number of carbonyl (C=O) groups excluding carboxylic acids is 1. The number of fused-ring (bicyclic) bond motifs is 2. The topological polar surface area (TPSA) is 99.1 Å². The van der Waals surface area contributed by atoms with Gasteiger partial charge in [-0.05, 0) is 51.3 Å². The van der Waals surface area contributed by atoms with Crippen LogP contribution in [0.3, 0.4) is 0 Å². The molecule has 0 amide bonds. The molecule has 2 aliphatic rings. The van der Waals surface area contributed by atoms with Crippen molar-refractivity contribution in [1.82, 2.24) is 0 Å². The lowest BCUT2D eigenvalue weighted by atomic mass is 9.78. The molecule has 0 radical (unpaired) electrons. The minimum atomic E-state index is -4.70. The lowest BCUT2D eigenvalue weighted by Crippen LogP contribution is -2.43. The predicted molar refractivity (Wildman–Crippen MR) is 98.9 cm³/mol. The third-order valence-corrected chi connectivity index (χ3v) is 6.15. The Hall–Kier alpha value is -1.85. The van der Waals surface area contributed by atoms with Gasteiger partial charge in [0.15, 0.2) is 0 Å². The highest BCUT2D eigenvalue weighted by Crippen LogP contribution is 2.46. The van der Waals surface area contributed by atoms with Crippen LogP contribution >= 0.6 is 0 Å². The number of ether oxygens (including phenoxy) is 3. The van der Waals surface area contributed by atoms with Gasteiger partial charge in [-0.1, -0.05) is 0 Å². The summed E-state index contributed by atoms with van der Waals surface area (Å²) in [7, 11) is -4.34.